The van der Waals surface area contributed by atoms with Crippen molar-refractivity contribution in [3.05, 3.63) is 0 Å². The zero-order chi connectivity index (χ0) is 13.4. The van der Waals surface area contributed by atoms with Crippen LogP contribution in [0.25, 0.3) is 0 Å². The van der Waals surface area contributed by atoms with Crippen molar-refractivity contribution in [2.75, 3.05) is 13.1 Å². The zero-order valence-electron chi connectivity index (χ0n) is 10.1. The minimum atomic E-state index is -1.07. The average molecular weight is 256 g/mol. The third-order valence-corrected chi connectivity index (χ3v) is 3.54. The number of amides is 2. The molecule has 7 heteroatoms. The van der Waals surface area contributed by atoms with Crippen molar-refractivity contribution in [2.24, 2.45) is 0 Å². The predicted molar refractivity (Wildman–Crippen MR) is 59.6 cm³/mol. The number of likely N-dealkylation sites (N-methyl/N-ethyl adjacent to an activating group) is 1. The van der Waals surface area contributed by atoms with Crippen molar-refractivity contribution in [1.29, 1.82) is 0 Å². The third kappa shape index (κ3) is 1.99. The molecular weight excluding hydrogens is 240 g/mol. The first-order valence-electron chi connectivity index (χ1n) is 5.96. The van der Waals surface area contributed by atoms with Crippen LogP contribution in [0.5, 0.6) is 0 Å². The molecule has 0 spiro atoms. The molecule has 3 unspecified atom stereocenters. The first-order chi connectivity index (χ1) is 8.45. The molecule has 2 aliphatic rings. The van der Waals surface area contributed by atoms with Crippen molar-refractivity contribution in [2.45, 2.75) is 38.0 Å². The quantitative estimate of drug-likeness (QED) is 0.606. The minimum absolute atomic E-state index is 0.00315. The summed E-state index contributed by atoms with van der Waals surface area (Å²) in [6.45, 7) is 2.12. The highest BCUT2D eigenvalue weighted by Gasteiger charge is 2.48. The number of aliphatic hydroxyl groups is 1. The summed E-state index contributed by atoms with van der Waals surface area (Å²) >= 11 is 0. The smallest absolute Gasteiger partial charge is 0.321 e. The number of rotatable bonds is 3. The number of imide groups is 1. The summed E-state index contributed by atoms with van der Waals surface area (Å²) in [6, 6.07) is -1.63. The minimum Gasteiger partial charge on any atom is -0.480 e. The predicted octanol–water partition coefficient (Wildman–Crippen LogP) is -1.35. The van der Waals surface area contributed by atoms with E-state index in [2.05, 4.69) is 0 Å². The lowest BCUT2D eigenvalue weighted by Crippen LogP contribution is -2.47. The Hall–Kier alpha value is -1.47. The summed E-state index contributed by atoms with van der Waals surface area (Å²) in [7, 11) is 0. The highest BCUT2D eigenvalue weighted by molar-refractivity contribution is 6.05. The van der Waals surface area contributed by atoms with Gasteiger partial charge < -0.3 is 10.2 Å². The van der Waals surface area contributed by atoms with Gasteiger partial charge in [-0.3, -0.25) is 24.2 Å². The fraction of sp³-hybridized carbons (Fsp3) is 0.727. The SMILES string of the molecule is CCN1C(=O)CC(N2CC(O)CC2C(=O)O)C1=O. The molecule has 2 rings (SSSR count). The van der Waals surface area contributed by atoms with Gasteiger partial charge in [-0.2, -0.15) is 0 Å². The molecule has 0 radical (unpaired) electrons. The van der Waals surface area contributed by atoms with Crippen LogP contribution in [-0.2, 0) is 14.4 Å². The van der Waals surface area contributed by atoms with Gasteiger partial charge in [0.25, 0.3) is 0 Å². The van der Waals surface area contributed by atoms with Crippen molar-refractivity contribution in [3.63, 3.8) is 0 Å². The van der Waals surface area contributed by atoms with E-state index in [4.69, 9.17) is 5.11 Å². The molecule has 18 heavy (non-hydrogen) atoms. The number of carbonyl (C=O) groups is 3. The second-order valence-corrected chi connectivity index (χ2v) is 4.64. The van der Waals surface area contributed by atoms with Crippen LogP contribution in [0, 0.1) is 0 Å². The maximum Gasteiger partial charge on any atom is 0.321 e. The van der Waals surface area contributed by atoms with Gasteiger partial charge in [0.15, 0.2) is 0 Å². The molecule has 2 saturated heterocycles. The van der Waals surface area contributed by atoms with E-state index in [9.17, 15) is 19.5 Å². The zero-order valence-corrected chi connectivity index (χ0v) is 10.1. The Kier molecular flexibility index (Phi) is 3.36. The topological polar surface area (TPSA) is 98.2 Å². The van der Waals surface area contributed by atoms with E-state index in [1.54, 1.807) is 6.92 Å². The second-order valence-electron chi connectivity index (χ2n) is 4.64. The molecule has 0 bridgehead atoms. The Morgan fingerprint density at radius 1 is 1.44 bits per heavy atom. The molecule has 0 aromatic heterocycles. The van der Waals surface area contributed by atoms with E-state index in [1.807, 2.05) is 0 Å². The van der Waals surface area contributed by atoms with Crippen molar-refractivity contribution >= 4 is 17.8 Å². The number of carboxylic acid groups (broad SMARTS) is 1. The van der Waals surface area contributed by atoms with Gasteiger partial charge in [0.1, 0.15) is 6.04 Å². The van der Waals surface area contributed by atoms with E-state index >= 15 is 0 Å². The number of carbonyl (C=O) groups excluding carboxylic acids is 2. The molecule has 2 fully saturated rings. The van der Waals surface area contributed by atoms with E-state index < -0.39 is 24.2 Å². The van der Waals surface area contributed by atoms with E-state index in [0.717, 1.165) is 4.90 Å². The highest BCUT2D eigenvalue weighted by atomic mass is 16.4. The Morgan fingerprint density at radius 3 is 2.61 bits per heavy atom. The molecule has 0 aromatic carbocycles. The largest absolute Gasteiger partial charge is 0.480 e. The molecule has 0 aliphatic carbocycles. The van der Waals surface area contributed by atoms with Crippen LogP contribution in [-0.4, -0.2) is 69.1 Å². The maximum atomic E-state index is 12.0. The summed E-state index contributed by atoms with van der Waals surface area (Å²) < 4.78 is 0. The monoisotopic (exact) mass is 256 g/mol. The molecule has 2 aliphatic heterocycles. The average Bonchev–Trinajstić information content (AvgIpc) is 2.80. The summed E-state index contributed by atoms with van der Waals surface area (Å²) in [6.07, 6.45) is -0.660. The van der Waals surface area contributed by atoms with Gasteiger partial charge in [0.05, 0.1) is 18.6 Å². The molecule has 2 amide bonds. The summed E-state index contributed by atoms with van der Waals surface area (Å²) in [4.78, 5) is 37.3. The molecule has 3 atom stereocenters. The normalized spacial score (nSPS) is 33.4. The van der Waals surface area contributed by atoms with Crippen molar-refractivity contribution < 1.29 is 24.6 Å². The van der Waals surface area contributed by atoms with Crippen LogP contribution in [0.1, 0.15) is 19.8 Å². The van der Waals surface area contributed by atoms with Crippen LogP contribution in [0.3, 0.4) is 0 Å². The molecule has 100 valence electrons. The molecular formula is C11H16N2O5. The van der Waals surface area contributed by atoms with Crippen LogP contribution in [0.4, 0.5) is 0 Å². The van der Waals surface area contributed by atoms with Gasteiger partial charge in [-0.15, -0.1) is 0 Å². The van der Waals surface area contributed by atoms with Crippen molar-refractivity contribution in [3.8, 4) is 0 Å². The molecule has 7 nitrogen and oxygen atoms in total. The second kappa shape index (κ2) is 4.66. The van der Waals surface area contributed by atoms with Crippen LogP contribution in [0.2, 0.25) is 0 Å². The Balaban J connectivity index is 2.19. The van der Waals surface area contributed by atoms with E-state index in [0.29, 0.717) is 6.54 Å². The van der Waals surface area contributed by atoms with Gasteiger partial charge in [-0.05, 0) is 6.92 Å². The Labute approximate surface area is 104 Å². The summed E-state index contributed by atoms with van der Waals surface area (Å²) in [5.41, 5.74) is 0. The summed E-state index contributed by atoms with van der Waals surface area (Å²) in [5.74, 6) is -1.71. The molecule has 0 aromatic rings. The van der Waals surface area contributed by atoms with Crippen LogP contribution >= 0.6 is 0 Å². The number of likely N-dealkylation sites (tertiary alicyclic amines) is 2. The number of β-amino-alcohol motifs (C(OH)–C–C–N with tert-alkyl or cyclic N) is 1. The van der Waals surface area contributed by atoms with E-state index in [1.165, 1.54) is 4.90 Å². The fourth-order valence-electron chi connectivity index (χ4n) is 2.68. The number of hydrogen-bond donors (Lipinski definition) is 2. The number of hydrogen-bond acceptors (Lipinski definition) is 5. The number of aliphatic hydroxyl groups excluding tert-OH is 1. The first kappa shape index (κ1) is 13.0. The van der Waals surface area contributed by atoms with Gasteiger partial charge >= 0.3 is 5.97 Å². The number of nitrogens with zero attached hydrogens (tertiary/aromatic N) is 2. The lowest BCUT2D eigenvalue weighted by molar-refractivity contribution is -0.144. The van der Waals surface area contributed by atoms with Crippen LogP contribution in [0.15, 0.2) is 0 Å². The fourth-order valence-corrected chi connectivity index (χ4v) is 2.68. The van der Waals surface area contributed by atoms with Gasteiger partial charge in [-0.1, -0.05) is 0 Å². The third-order valence-electron chi connectivity index (χ3n) is 3.54. The number of aliphatic carboxylic acids is 1. The molecule has 2 N–H and O–H groups in total. The van der Waals surface area contributed by atoms with E-state index in [-0.39, 0.29) is 31.2 Å². The standard InChI is InChI=1S/C11H16N2O5/c1-2-12-9(15)4-7(10(12)16)13-5-6(14)3-8(13)11(17)18/h6-8,14H,2-5H2,1H3,(H,17,18). The van der Waals surface area contributed by atoms with Gasteiger partial charge in [0, 0.05) is 19.5 Å². The highest BCUT2D eigenvalue weighted by Crippen LogP contribution is 2.27. The Morgan fingerprint density at radius 2 is 2.11 bits per heavy atom. The van der Waals surface area contributed by atoms with Gasteiger partial charge in [0.2, 0.25) is 11.8 Å². The first-order valence-corrected chi connectivity index (χ1v) is 5.96. The molecule has 2 heterocycles. The van der Waals surface area contributed by atoms with Crippen molar-refractivity contribution in [1.82, 2.24) is 9.80 Å². The number of carboxylic acids is 1. The Bertz CT molecular complexity index is 397. The lowest BCUT2D eigenvalue weighted by Gasteiger charge is -2.25. The van der Waals surface area contributed by atoms with Gasteiger partial charge in [-0.25, -0.2) is 0 Å². The maximum absolute atomic E-state index is 12.0. The van der Waals surface area contributed by atoms with Crippen LogP contribution < -0.4 is 0 Å². The molecule has 0 saturated carbocycles. The summed E-state index contributed by atoms with van der Waals surface area (Å²) in [5, 5.41) is 18.6. The lowest BCUT2D eigenvalue weighted by atomic mass is 10.1.